The molecule has 0 radical (unpaired) electrons. The first kappa shape index (κ1) is 12.2. The Labute approximate surface area is 109 Å². The van der Waals surface area contributed by atoms with E-state index in [9.17, 15) is 5.11 Å². The molecular weight excluding hydrogens is 226 g/mol. The summed E-state index contributed by atoms with van der Waals surface area (Å²) in [6, 6.07) is 0.269. The number of aromatic nitrogens is 2. The standard InChI is InChI=1S/C14H23N3O/c1-16-7-5-11(6-8-16)14-15-9-12-3-2-4-13(10-18)17(12)14/h9,11,13,18H,2-8,10H2,1H3. The van der Waals surface area contributed by atoms with Crippen molar-refractivity contribution in [1.29, 1.82) is 0 Å². The van der Waals surface area contributed by atoms with Crippen molar-refractivity contribution in [1.82, 2.24) is 14.5 Å². The third-order valence-corrected chi connectivity index (χ3v) is 4.53. The van der Waals surface area contributed by atoms with E-state index in [2.05, 4.69) is 21.5 Å². The molecule has 0 bridgehead atoms. The summed E-state index contributed by atoms with van der Waals surface area (Å²) in [4.78, 5) is 7.07. The van der Waals surface area contributed by atoms with Crippen molar-refractivity contribution in [2.45, 2.75) is 44.1 Å². The van der Waals surface area contributed by atoms with Crippen molar-refractivity contribution in [3.05, 3.63) is 17.7 Å². The van der Waals surface area contributed by atoms with Crippen molar-refractivity contribution in [3.8, 4) is 0 Å². The molecule has 0 spiro atoms. The van der Waals surface area contributed by atoms with Crippen LogP contribution in [0.3, 0.4) is 0 Å². The second-order valence-corrected chi connectivity index (χ2v) is 5.78. The zero-order valence-electron chi connectivity index (χ0n) is 11.2. The van der Waals surface area contributed by atoms with Crippen LogP contribution in [-0.2, 0) is 6.42 Å². The van der Waals surface area contributed by atoms with Gasteiger partial charge in [0.2, 0.25) is 0 Å². The molecule has 4 nitrogen and oxygen atoms in total. The summed E-state index contributed by atoms with van der Waals surface area (Å²) < 4.78 is 2.35. The molecule has 4 heteroatoms. The smallest absolute Gasteiger partial charge is 0.112 e. The van der Waals surface area contributed by atoms with Crippen LogP contribution in [0.25, 0.3) is 0 Å². The summed E-state index contributed by atoms with van der Waals surface area (Å²) in [5, 5.41) is 9.56. The molecule has 1 aromatic heterocycles. The molecule has 2 aliphatic heterocycles. The fraction of sp³-hybridized carbons (Fsp3) is 0.786. The highest BCUT2D eigenvalue weighted by Crippen LogP contribution is 2.33. The molecule has 0 amide bonds. The quantitative estimate of drug-likeness (QED) is 0.865. The first-order valence-corrected chi connectivity index (χ1v) is 7.15. The van der Waals surface area contributed by atoms with Crippen molar-refractivity contribution in [2.24, 2.45) is 0 Å². The van der Waals surface area contributed by atoms with Crippen LogP contribution in [0.5, 0.6) is 0 Å². The van der Waals surface area contributed by atoms with E-state index in [1.807, 2.05) is 6.20 Å². The van der Waals surface area contributed by atoms with Gasteiger partial charge in [0.15, 0.2) is 0 Å². The van der Waals surface area contributed by atoms with E-state index in [1.54, 1.807) is 0 Å². The normalized spacial score (nSPS) is 26.2. The Kier molecular flexibility index (Phi) is 3.39. The van der Waals surface area contributed by atoms with E-state index < -0.39 is 0 Å². The fourth-order valence-electron chi connectivity index (χ4n) is 3.41. The van der Waals surface area contributed by atoms with Crippen molar-refractivity contribution >= 4 is 0 Å². The van der Waals surface area contributed by atoms with Crippen LogP contribution in [-0.4, -0.2) is 46.3 Å². The number of piperidine rings is 1. The number of likely N-dealkylation sites (tertiary alicyclic amines) is 1. The molecule has 3 rings (SSSR count). The van der Waals surface area contributed by atoms with Gasteiger partial charge in [-0.15, -0.1) is 0 Å². The molecule has 1 saturated heterocycles. The molecule has 1 atom stereocenters. The Hall–Kier alpha value is -0.870. The van der Waals surface area contributed by atoms with E-state index in [4.69, 9.17) is 0 Å². The van der Waals surface area contributed by atoms with Gasteiger partial charge in [0.1, 0.15) is 5.82 Å². The van der Waals surface area contributed by atoms with Gasteiger partial charge in [-0.3, -0.25) is 0 Å². The maximum atomic E-state index is 9.56. The summed E-state index contributed by atoms with van der Waals surface area (Å²) in [6.07, 6.45) is 7.84. The van der Waals surface area contributed by atoms with E-state index in [0.717, 1.165) is 25.9 Å². The predicted octanol–water partition coefficient (Wildman–Crippen LogP) is 1.56. The number of imidazole rings is 1. The summed E-state index contributed by atoms with van der Waals surface area (Å²) in [5.41, 5.74) is 1.33. The SMILES string of the molecule is CN1CCC(c2ncc3n2C(CO)CCC3)CC1. The van der Waals surface area contributed by atoms with Gasteiger partial charge in [-0.25, -0.2) is 4.98 Å². The van der Waals surface area contributed by atoms with Crippen LogP contribution >= 0.6 is 0 Å². The molecule has 1 aromatic rings. The number of aryl methyl sites for hydroxylation is 1. The van der Waals surface area contributed by atoms with Gasteiger partial charge in [0.25, 0.3) is 0 Å². The van der Waals surface area contributed by atoms with Crippen molar-refractivity contribution in [3.63, 3.8) is 0 Å². The molecule has 0 saturated carbocycles. The van der Waals surface area contributed by atoms with Gasteiger partial charge in [-0.2, -0.15) is 0 Å². The predicted molar refractivity (Wildman–Crippen MR) is 70.8 cm³/mol. The highest BCUT2D eigenvalue weighted by atomic mass is 16.3. The van der Waals surface area contributed by atoms with E-state index in [-0.39, 0.29) is 12.6 Å². The van der Waals surface area contributed by atoms with Crippen LogP contribution < -0.4 is 0 Å². The maximum absolute atomic E-state index is 9.56. The summed E-state index contributed by atoms with van der Waals surface area (Å²) in [6.45, 7) is 2.58. The number of nitrogens with zero attached hydrogens (tertiary/aromatic N) is 3. The maximum Gasteiger partial charge on any atom is 0.112 e. The second-order valence-electron chi connectivity index (χ2n) is 5.78. The van der Waals surface area contributed by atoms with E-state index >= 15 is 0 Å². The largest absolute Gasteiger partial charge is 0.394 e. The number of hydrogen-bond acceptors (Lipinski definition) is 3. The molecule has 0 aromatic carbocycles. The number of hydrogen-bond donors (Lipinski definition) is 1. The monoisotopic (exact) mass is 249 g/mol. The zero-order chi connectivity index (χ0) is 12.5. The third kappa shape index (κ3) is 2.08. The molecule has 2 aliphatic rings. The van der Waals surface area contributed by atoms with Gasteiger partial charge in [-0.1, -0.05) is 0 Å². The lowest BCUT2D eigenvalue weighted by Gasteiger charge is -2.32. The summed E-state index contributed by atoms with van der Waals surface area (Å²) >= 11 is 0. The lowest BCUT2D eigenvalue weighted by atomic mass is 9.95. The minimum Gasteiger partial charge on any atom is -0.394 e. The highest BCUT2D eigenvalue weighted by Gasteiger charge is 2.28. The molecule has 1 unspecified atom stereocenters. The molecule has 0 aliphatic carbocycles. The van der Waals surface area contributed by atoms with E-state index in [0.29, 0.717) is 5.92 Å². The summed E-state index contributed by atoms with van der Waals surface area (Å²) in [5.74, 6) is 1.82. The van der Waals surface area contributed by atoms with Crippen LogP contribution in [0.2, 0.25) is 0 Å². The fourth-order valence-corrected chi connectivity index (χ4v) is 3.41. The van der Waals surface area contributed by atoms with Gasteiger partial charge < -0.3 is 14.6 Å². The Morgan fingerprint density at radius 1 is 1.33 bits per heavy atom. The lowest BCUT2D eigenvalue weighted by molar-refractivity contribution is 0.196. The first-order valence-electron chi connectivity index (χ1n) is 7.15. The second kappa shape index (κ2) is 5.02. The number of fused-ring (bicyclic) bond motifs is 1. The average Bonchev–Trinajstić information content (AvgIpc) is 2.83. The topological polar surface area (TPSA) is 41.3 Å². The van der Waals surface area contributed by atoms with Crippen LogP contribution in [0, 0.1) is 0 Å². The molecular formula is C14H23N3O. The average molecular weight is 249 g/mol. The Balaban J connectivity index is 1.86. The van der Waals surface area contributed by atoms with E-state index in [1.165, 1.54) is 30.8 Å². The highest BCUT2D eigenvalue weighted by molar-refractivity contribution is 5.14. The molecule has 3 heterocycles. The van der Waals surface area contributed by atoms with Gasteiger partial charge in [0, 0.05) is 17.8 Å². The molecule has 18 heavy (non-hydrogen) atoms. The minimum atomic E-state index is 0.253. The van der Waals surface area contributed by atoms with Gasteiger partial charge in [-0.05, 0) is 52.2 Å². The third-order valence-electron chi connectivity index (χ3n) is 4.53. The number of rotatable bonds is 2. The van der Waals surface area contributed by atoms with Gasteiger partial charge >= 0.3 is 0 Å². The Morgan fingerprint density at radius 2 is 2.11 bits per heavy atom. The minimum absolute atomic E-state index is 0.253. The zero-order valence-corrected chi connectivity index (χ0v) is 11.2. The molecule has 1 fully saturated rings. The first-order chi connectivity index (χ1) is 8.79. The van der Waals surface area contributed by atoms with Gasteiger partial charge in [0.05, 0.1) is 12.6 Å². The van der Waals surface area contributed by atoms with Crippen LogP contribution in [0.15, 0.2) is 6.20 Å². The van der Waals surface area contributed by atoms with Crippen molar-refractivity contribution < 1.29 is 5.11 Å². The molecule has 1 N–H and O–H groups in total. The van der Waals surface area contributed by atoms with Crippen molar-refractivity contribution in [2.75, 3.05) is 26.7 Å². The van der Waals surface area contributed by atoms with Crippen LogP contribution in [0.1, 0.15) is 49.2 Å². The summed E-state index contributed by atoms with van der Waals surface area (Å²) in [7, 11) is 2.19. The van der Waals surface area contributed by atoms with Crippen LogP contribution in [0.4, 0.5) is 0 Å². The molecule has 100 valence electrons. The number of aliphatic hydroxyl groups is 1. The Morgan fingerprint density at radius 3 is 2.83 bits per heavy atom. The number of aliphatic hydroxyl groups excluding tert-OH is 1. The Bertz CT molecular complexity index is 407. The lowest BCUT2D eigenvalue weighted by Crippen LogP contribution is -2.31.